The second-order valence-corrected chi connectivity index (χ2v) is 3.24. The van der Waals surface area contributed by atoms with Crippen molar-refractivity contribution >= 4 is 0 Å². The van der Waals surface area contributed by atoms with Crippen LogP contribution in [0.1, 0.15) is 19.3 Å². The number of ether oxygens (including phenoxy) is 2. The summed E-state index contributed by atoms with van der Waals surface area (Å²) < 4.78 is 10.2. The number of likely N-dealkylation sites (tertiary alicyclic amines) is 1. The summed E-state index contributed by atoms with van der Waals surface area (Å²) in [6.45, 7) is 3.76. The Bertz CT molecular complexity index is 111. The van der Waals surface area contributed by atoms with E-state index in [1.54, 1.807) is 14.2 Å². The Kier molecular flexibility index (Phi) is 4.58. The summed E-state index contributed by atoms with van der Waals surface area (Å²) in [4.78, 5) is 2.46. The van der Waals surface area contributed by atoms with Crippen molar-refractivity contribution in [3.63, 3.8) is 0 Å². The van der Waals surface area contributed by atoms with Gasteiger partial charge >= 0.3 is 0 Å². The van der Waals surface area contributed by atoms with Crippen LogP contribution in [0.4, 0.5) is 0 Å². The largest absolute Gasteiger partial charge is 0.356 e. The fraction of sp³-hybridized carbons (Fsp3) is 1.00. The van der Waals surface area contributed by atoms with Crippen LogP contribution in [0, 0.1) is 0 Å². The van der Waals surface area contributed by atoms with E-state index in [0.29, 0.717) is 0 Å². The van der Waals surface area contributed by atoms with Crippen LogP contribution in [-0.2, 0) is 9.47 Å². The molecular formula is C9H19NO2. The molecule has 0 spiro atoms. The number of nitrogens with zero attached hydrogens (tertiary/aromatic N) is 1. The Morgan fingerprint density at radius 1 is 1.25 bits per heavy atom. The van der Waals surface area contributed by atoms with Crippen molar-refractivity contribution in [3.8, 4) is 0 Å². The van der Waals surface area contributed by atoms with Crippen LogP contribution in [0.3, 0.4) is 0 Å². The first-order chi connectivity index (χ1) is 5.86. The van der Waals surface area contributed by atoms with Crippen molar-refractivity contribution in [2.24, 2.45) is 0 Å². The van der Waals surface area contributed by atoms with Crippen LogP contribution in [-0.4, -0.2) is 45.0 Å². The average molecular weight is 173 g/mol. The molecule has 1 aliphatic rings. The Hall–Kier alpha value is -0.120. The molecule has 12 heavy (non-hydrogen) atoms. The normalized spacial score (nSPS) is 18.2. The van der Waals surface area contributed by atoms with Gasteiger partial charge in [0, 0.05) is 14.2 Å². The third-order valence-electron chi connectivity index (χ3n) is 2.39. The van der Waals surface area contributed by atoms with E-state index < -0.39 is 0 Å². The summed E-state index contributed by atoms with van der Waals surface area (Å²) in [6.07, 6.45) is 3.54. The monoisotopic (exact) mass is 173 g/mol. The first-order valence-corrected chi connectivity index (χ1v) is 4.64. The molecule has 1 aliphatic heterocycles. The van der Waals surface area contributed by atoms with Gasteiger partial charge in [0.1, 0.15) is 0 Å². The smallest absolute Gasteiger partial charge is 0.156 e. The Morgan fingerprint density at radius 2 is 1.92 bits per heavy atom. The first-order valence-electron chi connectivity index (χ1n) is 4.64. The van der Waals surface area contributed by atoms with E-state index >= 15 is 0 Å². The zero-order chi connectivity index (χ0) is 8.81. The summed E-state index contributed by atoms with van der Waals surface area (Å²) in [5.74, 6) is 0. The molecule has 72 valence electrons. The van der Waals surface area contributed by atoms with E-state index in [0.717, 1.165) is 6.42 Å². The van der Waals surface area contributed by atoms with E-state index in [4.69, 9.17) is 9.47 Å². The predicted molar refractivity (Wildman–Crippen MR) is 48.1 cm³/mol. The van der Waals surface area contributed by atoms with E-state index in [-0.39, 0.29) is 6.29 Å². The molecule has 1 rings (SSSR count). The summed E-state index contributed by atoms with van der Waals surface area (Å²) >= 11 is 0. The molecule has 0 bridgehead atoms. The SMILES string of the molecule is COC(CCCN1CCC1)OC. The molecule has 0 unspecified atom stereocenters. The molecule has 1 fully saturated rings. The molecule has 0 aromatic rings. The Morgan fingerprint density at radius 3 is 2.33 bits per heavy atom. The van der Waals surface area contributed by atoms with E-state index in [9.17, 15) is 0 Å². The lowest BCUT2D eigenvalue weighted by atomic mass is 10.2. The summed E-state index contributed by atoms with van der Waals surface area (Å²) in [5, 5.41) is 0. The molecule has 3 heteroatoms. The maximum Gasteiger partial charge on any atom is 0.156 e. The van der Waals surface area contributed by atoms with Gasteiger partial charge in [0.25, 0.3) is 0 Å². The molecule has 1 heterocycles. The molecule has 0 aromatic heterocycles. The zero-order valence-electron chi connectivity index (χ0n) is 8.08. The topological polar surface area (TPSA) is 21.7 Å². The summed E-state index contributed by atoms with van der Waals surface area (Å²) in [6, 6.07) is 0. The van der Waals surface area contributed by atoms with E-state index in [2.05, 4.69) is 4.90 Å². The molecule has 3 nitrogen and oxygen atoms in total. The van der Waals surface area contributed by atoms with Gasteiger partial charge in [0.2, 0.25) is 0 Å². The van der Waals surface area contributed by atoms with Gasteiger partial charge in [0.05, 0.1) is 0 Å². The van der Waals surface area contributed by atoms with Crippen molar-refractivity contribution < 1.29 is 9.47 Å². The highest BCUT2D eigenvalue weighted by atomic mass is 16.7. The molecular weight excluding hydrogens is 154 g/mol. The van der Waals surface area contributed by atoms with Crippen LogP contribution in [0.15, 0.2) is 0 Å². The molecule has 0 atom stereocenters. The second kappa shape index (κ2) is 5.51. The number of methoxy groups -OCH3 is 2. The summed E-state index contributed by atoms with van der Waals surface area (Å²) in [5.41, 5.74) is 0. The number of rotatable bonds is 6. The molecule has 1 saturated heterocycles. The van der Waals surface area contributed by atoms with E-state index in [1.165, 1.54) is 32.5 Å². The molecule has 0 amide bonds. The number of hydrogen-bond donors (Lipinski definition) is 0. The highest BCUT2D eigenvalue weighted by Crippen LogP contribution is 2.09. The van der Waals surface area contributed by atoms with Gasteiger partial charge in [0.15, 0.2) is 6.29 Å². The van der Waals surface area contributed by atoms with Crippen LogP contribution < -0.4 is 0 Å². The van der Waals surface area contributed by atoms with Gasteiger partial charge < -0.3 is 14.4 Å². The lowest BCUT2D eigenvalue weighted by molar-refractivity contribution is -0.108. The third-order valence-corrected chi connectivity index (χ3v) is 2.39. The van der Waals surface area contributed by atoms with Crippen molar-refractivity contribution in [1.29, 1.82) is 0 Å². The van der Waals surface area contributed by atoms with Crippen molar-refractivity contribution in [3.05, 3.63) is 0 Å². The van der Waals surface area contributed by atoms with Gasteiger partial charge in [-0.15, -0.1) is 0 Å². The maximum atomic E-state index is 5.09. The van der Waals surface area contributed by atoms with Gasteiger partial charge in [-0.3, -0.25) is 0 Å². The molecule has 0 aliphatic carbocycles. The Balaban J connectivity index is 1.92. The van der Waals surface area contributed by atoms with Gasteiger partial charge in [-0.05, 0) is 38.9 Å². The van der Waals surface area contributed by atoms with Crippen LogP contribution in [0.25, 0.3) is 0 Å². The third kappa shape index (κ3) is 3.09. The standard InChI is InChI=1S/C9H19NO2/c1-11-9(12-2)5-3-6-10-7-4-8-10/h9H,3-8H2,1-2H3. The molecule has 0 radical (unpaired) electrons. The summed E-state index contributed by atoms with van der Waals surface area (Å²) in [7, 11) is 3.38. The zero-order valence-corrected chi connectivity index (χ0v) is 8.08. The van der Waals surface area contributed by atoms with Crippen molar-refractivity contribution in [2.75, 3.05) is 33.9 Å². The lowest BCUT2D eigenvalue weighted by Crippen LogP contribution is -2.38. The Labute approximate surface area is 74.6 Å². The highest BCUT2D eigenvalue weighted by Gasteiger charge is 2.13. The van der Waals surface area contributed by atoms with Gasteiger partial charge in [-0.2, -0.15) is 0 Å². The van der Waals surface area contributed by atoms with Crippen LogP contribution >= 0.6 is 0 Å². The maximum absolute atomic E-state index is 5.09. The minimum atomic E-state index is -0.00808. The molecule has 0 N–H and O–H groups in total. The van der Waals surface area contributed by atoms with Crippen molar-refractivity contribution in [1.82, 2.24) is 4.90 Å². The minimum Gasteiger partial charge on any atom is -0.356 e. The van der Waals surface area contributed by atoms with Crippen LogP contribution in [0.2, 0.25) is 0 Å². The number of hydrogen-bond acceptors (Lipinski definition) is 3. The van der Waals surface area contributed by atoms with Gasteiger partial charge in [-0.1, -0.05) is 0 Å². The van der Waals surface area contributed by atoms with E-state index in [1.807, 2.05) is 0 Å². The molecule has 0 saturated carbocycles. The van der Waals surface area contributed by atoms with Gasteiger partial charge in [-0.25, -0.2) is 0 Å². The minimum absolute atomic E-state index is 0.00808. The van der Waals surface area contributed by atoms with Crippen molar-refractivity contribution in [2.45, 2.75) is 25.6 Å². The average Bonchev–Trinajstić information content (AvgIpc) is 2.02. The quantitative estimate of drug-likeness (QED) is 0.561. The fourth-order valence-corrected chi connectivity index (χ4v) is 1.42. The predicted octanol–water partition coefficient (Wildman–Crippen LogP) is 1.09. The highest BCUT2D eigenvalue weighted by molar-refractivity contribution is 4.67. The molecule has 0 aromatic carbocycles. The lowest BCUT2D eigenvalue weighted by Gasteiger charge is -2.30. The second-order valence-electron chi connectivity index (χ2n) is 3.24. The fourth-order valence-electron chi connectivity index (χ4n) is 1.42. The first kappa shape index (κ1) is 9.96. The van der Waals surface area contributed by atoms with Crippen LogP contribution in [0.5, 0.6) is 0 Å².